The lowest BCUT2D eigenvalue weighted by Gasteiger charge is -2.25. The number of benzene rings is 2. The number of amides is 3. The first-order chi connectivity index (χ1) is 12.5. The molecule has 6 heteroatoms. The van der Waals surface area contributed by atoms with Gasteiger partial charge in [-0.25, -0.2) is 0 Å². The molecule has 134 valence electrons. The zero-order valence-electron chi connectivity index (χ0n) is 15.0. The molecule has 0 spiro atoms. The first-order valence-electron chi connectivity index (χ1n) is 8.51. The Morgan fingerprint density at radius 1 is 1.00 bits per heavy atom. The number of aryl methyl sites for hydroxylation is 2. The van der Waals surface area contributed by atoms with E-state index in [0.29, 0.717) is 5.69 Å². The molecular weight excluding hydrogens is 332 g/mol. The molecule has 2 aromatic carbocycles. The normalized spacial score (nSPS) is 12.7. The molecule has 3 rings (SSSR count). The fourth-order valence-corrected chi connectivity index (χ4v) is 3.26. The molecule has 0 atom stereocenters. The third kappa shape index (κ3) is 2.78. The molecule has 1 N–H and O–H groups in total. The Morgan fingerprint density at radius 2 is 1.62 bits per heavy atom. The second-order valence-corrected chi connectivity index (χ2v) is 5.93. The van der Waals surface area contributed by atoms with Gasteiger partial charge in [0.25, 0.3) is 17.7 Å². The van der Waals surface area contributed by atoms with Crippen LogP contribution >= 0.6 is 0 Å². The molecule has 26 heavy (non-hydrogen) atoms. The number of hydroxylamine groups is 1. The molecule has 0 saturated carbocycles. The van der Waals surface area contributed by atoms with Crippen molar-refractivity contribution >= 4 is 23.4 Å². The lowest BCUT2D eigenvalue weighted by Crippen LogP contribution is -2.33. The number of nitrogens with zero attached hydrogens (tertiary/aromatic N) is 1. The van der Waals surface area contributed by atoms with E-state index in [1.807, 2.05) is 32.0 Å². The van der Waals surface area contributed by atoms with Gasteiger partial charge in [-0.2, -0.15) is 5.06 Å². The minimum absolute atomic E-state index is 0.0941. The molecule has 0 fully saturated rings. The number of imide groups is 1. The lowest BCUT2D eigenvalue weighted by atomic mass is 9.99. The topological polar surface area (TPSA) is 75.7 Å². The summed E-state index contributed by atoms with van der Waals surface area (Å²) in [6, 6.07) is 10.5. The fourth-order valence-electron chi connectivity index (χ4n) is 3.26. The van der Waals surface area contributed by atoms with Gasteiger partial charge in [-0.05, 0) is 36.1 Å². The summed E-state index contributed by atoms with van der Waals surface area (Å²) < 4.78 is 0. The second kappa shape index (κ2) is 7.09. The first kappa shape index (κ1) is 17.8. The monoisotopic (exact) mass is 352 g/mol. The maximum absolute atomic E-state index is 13.2. The van der Waals surface area contributed by atoms with Crippen molar-refractivity contribution < 1.29 is 19.2 Å². The SMILES string of the molecule is CCc1cccc(CC)c1N(OC)C(=O)c1cccc2c1C(=O)NC2=O. The molecule has 2 aromatic rings. The Bertz CT molecular complexity index is 882. The van der Waals surface area contributed by atoms with Crippen molar-refractivity contribution in [2.24, 2.45) is 0 Å². The van der Waals surface area contributed by atoms with Crippen molar-refractivity contribution in [2.75, 3.05) is 12.2 Å². The van der Waals surface area contributed by atoms with E-state index in [4.69, 9.17) is 4.84 Å². The highest BCUT2D eigenvalue weighted by Crippen LogP contribution is 2.30. The molecule has 0 aromatic heterocycles. The number of hydrogen-bond acceptors (Lipinski definition) is 4. The van der Waals surface area contributed by atoms with Gasteiger partial charge in [0.2, 0.25) is 0 Å². The summed E-state index contributed by atoms with van der Waals surface area (Å²) in [5, 5.41) is 3.44. The number of para-hydroxylation sites is 1. The van der Waals surface area contributed by atoms with Crippen LogP contribution in [0.15, 0.2) is 36.4 Å². The van der Waals surface area contributed by atoms with E-state index in [2.05, 4.69) is 5.32 Å². The van der Waals surface area contributed by atoms with Crippen molar-refractivity contribution in [1.29, 1.82) is 0 Å². The van der Waals surface area contributed by atoms with Crippen molar-refractivity contribution in [3.63, 3.8) is 0 Å². The van der Waals surface area contributed by atoms with E-state index in [1.54, 1.807) is 6.07 Å². The van der Waals surface area contributed by atoms with Crippen LogP contribution in [0.25, 0.3) is 0 Å². The van der Waals surface area contributed by atoms with E-state index >= 15 is 0 Å². The quantitative estimate of drug-likeness (QED) is 0.663. The number of anilines is 1. The molecular formula is C20H20N2O4. The standard InChI is InChI=1S/C20H20N2O4/c1-4-12-8-6-9-13(5-2)17(12)22(26-3)20(25)15-11-7-10-14-16(15)19(24)21-18(14)23/h6-11H,4-5H2,1-3H3,(H,21,23,24). The number of rotatable bonds is 5. The average molecular weight is 352 g/mol. The van der Waals surface area contributed by atoms with Crippen molar-refractivity contribution in [3.8, 4) is 0 Å². The molecule has 0 bridgehead atoms. The highest BCUT2D eigenvalue weighted by molar-refractivity contribution is 6.26. The van der Waals surface area contributed by atoms with Gasteiger partial charge in [0.05, 0.1) is 29.5 Å². The smallest absolute Gasteiger partial charge is 0.283 e. The van der Waals surface area contributed by atoms with Gasteiger partial charge in [-0.1, -0.05) is 38.1 Å². The van der Waals surface area contributed by atoms with Crippen LogP contribution in [0.5, 0.6) is 0 Å². The minimum Gasteiger partial charge on any atom is -0.288 e. The predicted octanol–water partition coefficient (Wildman–Crippen LogP) is 2.90. The summed E-state index contributed by atoms with van der Waals surface area (Å²) in [7, 11) is 1.41. The zero-order chi connectivity index (χ0) is 18.8. The molecule has 0 aliphatic carbocycles. The third-order valence-electron chi connectivity index (χ3n) is 4.53. The van der Waals surface area contributed by atoms with E-state index in [9.17, 15) is 14.4 Å². The molecule has 3 amide bonds. The number of carbonyl (C=O) groups is 3. The molecule has 6 nitrogen and oxygen atoms in total. The van der Waals surface area contributed by atoms with Crippen molar-refractivity contribution in [2.45, 2.75) is 26.7 Å². The van der Waals surface area contributed by atoms with Crippen LogP contribution < -0.4 is 10.4 Å². The Morgan fingerprint density at radius 3 is 2.19 bits per heavy atom. The Labute approximate surface area is 151 Å². The van der Waals surface area contributed by atoms with Crippen LogP contribution in [0.2, 0.25) is 0 Å². The average Bonchev–Trinajstić information content (AvgIpc) is 2.96. The maximum atomic E-state index is 13.2. The van der Waals surface area contributed by atoms with Crippen LogP contribution in [0.4, 0.5) is 5.69 Å². The van der Waals surface area contributed by atoms with E-state index < -0.39 is 17.7 Å². The van der Waals surface area contributed by atoms with Crippen LogP contribution in [-0.4, -0.2) is 24.8 Å². The Hall–Kier alpha value is -2.99. The molecule has 0 unspecified atom stereocenters. The van der Waals surface area contributed by atoms with Crippen LogP contribution in [0.1, 0.15) is 56.0 Å². The van der Waals surface area contributed by atoms with Gasteiger partial charge in [0, 0.05) is 0 Å². The second-order valence-electron chi connectivity index (χ2n) is 5.93. The molecule has 0 radical (unpaired) electrons. The number of fused-ring (bicyclic) bond motifs is 1. The van der Waals surface area contributed by atoms with Gasteiger partial charge in [0.15, 0.2) is 0 Å². The largest absolute Gasteiger partial charge is 0.288 e. The molecule has 1 aliphatic rings. The number of nitrogens with one attached hydrogen (secondary N) is 1. The van der Waals surface area contributed by atoms with Crippen molar-refractivity contribution in [1.82, 2.24) is 5.32 Å². The van der Waals surface area contributed by atoms with Gasteiger partial charge in [-0.15, -0.1) is 0 Å². The maximum Gasteiger partial charge on any atom is 0.283 e. The minimum atomic E-state index is -0.565. The summed E-state index contributed by atoms with van der Waals surface area (Å²) in [5.41, 5.74) is 3.06. The van der Waals surface area contributed by atoms with Gasteiger partial charge in [-0.3, -0.25) is 24.5 Å². The van der Waals surface area contributed by atoms with Crippen LogP contribution in [0, 0.1) is 0 Å². The highest BCUT2D eigenvalue weighted by atomic mass is 16.7. The lowest BCUT2D eigenvalue weighted by molar-refractivity contribution is 0.0765. The summed E-state index contributed by atoms with van der Waals surface area (Å²) in [6.07, 6.45) is 1.45. The Balaban J connectivity index is 2.14. The first-order valence-corrected chi connectivity index (χ1v) is 8.51. The summed E-state index contributed by atoms with van der Waals surface area (Å²) >= 11 is 0. The summed E-state index contributed by atoms with van der Waals surface area (Å²) in [5.74, 6) is -1.54. The van der Waals surface area contributed by atoms with E-state index in [1.165, 1.54) is 24.3 Å². The third-order valence-corrected chi connectivity index (χ3v) is 4.53. The molecule has 0 saturated heterocycles. The summed E-state index contributed by atoms with van der Waals surface area (Å²) in [4.78, 5) is 42.7. The van der Waals surface area contributed by atoms with Gasteiger partial charge in [0.1, 0.15) is 0 Å². The van der Waals surface area contributed by atoms with Crippen LogP contribution in [0.3, 0.4) is 0 Å². The molecule has 1 heterocycles. The number of carbonyl (C=O) groups excluding carboxylic acids is 3. The van der Waals surface area contributed by atoms with Gasteiger partial charge >= 0.3 is 0 Å². The summed E-state index contributed by atoms with van der Waals surface area (Å²) in [6.45, 7) is 4.01. The van der Waals surface area contributed by atoms with E-state index in [0.717, 1.165) is 24.0 Å². The van der Waals surface area contributed by atoms with Crippen LogP contribution in [-0.2, 0) is 17.7 Å². The molecule has 1 aliphatic heterocycles. The number of hydrogen-bond donors (Lipinski definition) is 1. The fraction of sp³-hybridized carbons (Fsp3) is 0.250. The zero-order valence-corrected chi connectivity index (χ0v) is 15.0. The van der Waals surface area contributed by atoms with E-state index in [-0.39, 0.29) is 16.7 Å². The highest BCUT2D eigenvalue weighted by Gasteiger charge is 2.34. The van der Waals surface area contributed by atoms with Crippen molar-refractivity contribution in [3.05, 3.63) is 64.2 Å². The Kier molecular flexibility index (Phi) is 4.86. The predicted molar refractivity (Wildman–Crippen MR) is 97.3 cm³/mol. The van der Waals surface area contributed by atoms with Gasteiger partial charge < -0.3 is 0 Å².